The van der Waals surface area contributed by atoms with Crippen molar-refractivity contribution in [2.45, 2.75) is 50.5 Å². The fourth-order valence-electron chi connectivity index (χ4n) is 4.95. The van der Waals surface area contributed by atoms with Crippen molar-refractivity contribution in [3.8, 4) is 11.3 Å². The van der Waals surface area contributed by atoms with Gasteiger partial charge in [-0.3, -0.25) is 4.79 Å². The van der Waals surface area contributed by atoms with E-state index in [0.717, 1.165) is 18.9 Å². The molecule has 212 valence electrons. The number of amidine groups is 1. The standard InChI is InChI=1S/C28H28F4N4O4/c1-38-35-27(33-16-37)21-9-8-18(14-24(21)29)36-12-10-19(11-13-36)39-15-22-25(34-40-26(22)17-6-7-17)20-4-2-3-5-23(20)28(30,31)32/h2-5,8-9,14,16-17,19H,6-7,10-13,15H2,1H3,(H,33,35,37). The zero-order chi connectivity index (χ0) is 28.3. The molecule has 0 spiro atoms. The summed E-state index contributed by atoms with van der Waals surface area (Å²) in [6.45, 7) is 1.28. The van der Waals surface area contributed by atoms with Crippen LogP contribution in [0.25, 0.3) is 11.3 Å². The van der Waals surface area contributed by atoms with Gasteiger partial charge in [-0.1, -0.05) is 28.5 Å². The number of amides is 1. The summed E-state index contributed by atoms with van der Waals surface area (Å²) in [4.78, 5) is 17.5. The average molecular weight is 561 g/mol. The highest BCUT2D eigenvalue weighted by Crippen LogP contribution is 2.46. The van der Waals surface area contributed by atoms with Crippen molar-refractivity contribution < 1.29 is 36.5 Å². The SMILES string of the molecule is CO/N=C(\NC=O)c1ccc(N2CCC(OCc3c(-c4ccccc4C(F)(F)F)noc3C3CC3)CC2)cc1F. The van der Waals surface area contributed by atoms with Crippen molar-refractivity contribution in [3.05, 3.63) is 70.7 Å². The molecule has 0 bridgehead atoms. The number of oxime groups is 1. The number of nitrogens with zero attached hydrogens (tertiary/aromatic N) is 3. The minimum Gasteiger partial charge on any atom is -0.397 e. The molecule has 1 aliphatic carbocycles. The van der Waals surface area contributed by atoms with Crippen molar-refractivity contribution in [1.82, 2.24) is 10.5 Å². The van der Waals surface area contributed by atoms with E-state index in [9.17, 15) is 22.4 Å². The van der Waals surface area contributed by atoms with Gasteiger partial charge in [-0.2, -0.15) is 13.2 Å². The van der Waals surface area contributed by atoms with Crippen LogP contribution in [0.2, 0.25) is 0 Å². The van der Waals surface area contributed by atoms with Crippen molar-refractivity contribution in [2.75, 3.05) is 25.1 Å². The third-order valence-electron chi connectivity index (χ3n) is 7.11. The highest BCUT2D eigenvalue weighted by atomic mass is 19.4. The normalized spacial score (nSPS) is 16.7. The summed E-state index contributed by atoms with van der Waals surface area (Å²) in [7, 11) is 1.29. The van der Waals surface area contributed by atoms with Gasteiger partial charge in [0.15, 0.2) is 5.84 Å². The molecule has 0 radical (unpaired) electrons. The quantitative estimate of drug-likeness (QED) is 0.120. The second kappa shape index (κ2) is 11.7. The number of piperidine rings is 1. The first-order valence-electron chi connectivity index (χ1n) is 12.9. The Labute approximate surface area is 227 Å². The number of alkyl halides is 3. The van der Waals surface area contributed by atoms with Gasteiger partial charge in [0.2, 0.25) is 6.41 Å². The molecular formula is C28H28F4N4O4. The zero-order valence-electron chi connectivity index (χ0n) is 21.7. The molecule has 0 atom stereocenters. The molecule has 2 heterocycles. The van der Waals surface area contributed by atoms with E-state index >= 15 is 0 Å². The number of hydrogen-bond donors (Lipinski definition) is 1. The van der Waals surface area contributed by atoms with Crippen molar-refractivity contribution in [2.24, 2.45) is 5.16 Å². The molecule has 40 heavy (non-hydrogen) atoms. The van der Waals surface area contributed by atoms with Crippen LogP contribution in [0.15, 0.2) is 52.1 Å². The van der Waals surface area contributed by atoms with Crippen molar-refractivity contribution in [3.63, 3.8) is 0 Å². The first-order valence-corrected chi connectivity index (χ1v) is 12.9. The largest absolute Gasteiger partial charge is 0.417 e. The minimum absolute atomic E-state index is 0.0217. The molecule has 1 saturated carbocycles. The number of rotatable bonds is 9. The third-order valence-corrected chi connectivity index (χ3v) is 7.11. The van der Waals surface area contributed by atoms with Gasteiger partial charge in [0.1, 0.15) is 24.4 Å². The second-order valence-corrected chi connectivity index (χ2v) is 9.74. The Morgan fingerprint density at radius 1 is 1.18 bits per heavy atom. The maximum absolute atomic E-state index is 14.8. The molecule has 1 N–H and O–H groups in total. The van der Waals surface area contributed by atoms with E-state index in [4.69, 9.17) is 9.26 Å². The van der Waals surface area contributed by atoms with Gasteiger partial charge in [0, 0.05) is 35.8 Å². The summed E-state index contributed by atoms with van der Waals surface area (Å²) in [5.41, 5.74) is 0.718. The molecule has 1 aromatic heterocycles. The van der Waals surface area contributed by atoms with Crippen LogP contribution in [0.1, 0.15) is 54.1 Å². The topological polar surface area (TPSA) is 89.2 Å². The van der Waals surface area contributed by atoms with Crippen LogP contribution in [0.5, 0.6) is 0 Å². The number of anilines is 1. The number of benzene rings is 2. The minimum atomic E-state index is -4.53. The molecule has 0 unspecified atom stereocenters. The van der Waals surface area contributed by atoms with Gasteiger partial charge in [0.05, 0.1) is 23.8 Å². The van der Waals surface area contributed by atoms with Gasteiger partial charge < -0.3 is 24.3 Å². The third kappa shape index (κ3) is 5.96. The summed E-state index contributed by atoms with van der Waals surface area (Å²) in [6.07, 6.45) is -1.18. The summed E-state index contributed by atoms with van der Waals surface area (Å²) >= 11 is 0. The summed E-state index contributed by atoms with van der Waals surface area (Å²) in [5, 5.41) is 10.0. The van der Waals surface area contributed by atoms with Gasteiger partial charge in [-0.15, -0.1) is 0 Å². The van der Waals surface area contributed by atoms with Crippen LogP contribution >= 0.6 is 0 Å². The van der Waals surface area contributed by atoms with Gasteiger partial charge >= 0.3 is 6.18 Å². The number of hydrogen-bond acceptors (Lipinski definition) is 7. The van der Waals surface area contributed by atoms with Crippen LogP contribution < -0.4 is 10.2 Å². The molecule has 1 amide bonds. The first-order chi connectivity index (χ1) is 19.3. The molecule has 2 aromatic carbocycles. The molecule has 5 rings (SSSR count). The summed E-state index contributed by atoms with van der Waals surface area (Å²) < 4.78 is 67.7. The van der Waals surface area contributed by atoms with E-state index in [1.807, 2.05) is 4.90 Å². The van der Waals surface area contributed by atoms with Gasteiger partial charge in [-0.05, 0) is 49.9 Å². The van der Waals surface area contributed by atoms with Gasteiger partial charge in [0.25, 0.3) is 0 Å². The number of carbonyl (C=O) groups excluding carboxylic acids is 1. The number of halogens is 4. The monoisotopic (exact) mass is 560 g/mol. The number of ether oxygens (including phenoxy) is 1. The lowest BCUT2D eigenvalue weighted by Crippen LogP contribution is -2.37. The van der Waals surface area contributed by atoms with E-state index in [-0.39, 0.29) is 41.3 Å². The van der Waals surface area contributed by atoms with Crippen LogP contribution in [0.3, 0.4) is 0 Å². The van der Waals surface area contributed by atoms with E-state index < -0.39 is 17.6 Å². The van der Waals surface area contributed by atoms with Crippen LogP contribution in [0, 0.1) is 5.82 Å². The molecule has 1 saturated heterocycles. The molecule has 2 fully saturated rings. The van der Waals surface area contributed by atoms with Crippen molar-refractivity contribution >= 4 is 17.9 Å². The van der Waals surface area contributed by atoms with E-state index in [1.165, 1.54) is 31.4 Å². The lowest BCUT2D eigenvalue weighted by atomic mass is 9.99. The fourth-order valence-corrected chi connectivity index (χ4v) is 4.95. The molecule has 8 nitrogen and oxygen atoms in total. The Kier molecular flexibility index (Phi) is 8.06. The zero-order valence-corrected chi connectivity index (χ0v) is 21.7. The van der Waals surface area contributed by atoms with E-state index in [0.29, 0.717) is 49.4 Å². The van der Waals surface area contributed by atoms with E-state index in [1.54, 1.807) is 12.1 Å². The van der Waals surface area contributed by atoms with Crippen LogP contribution in [-0.2, 0) is 27.2 Å². The highest BCUT2D eigenvalue weighted by molar-refractivity contribution is 6.03. The van der Waals surface area contributed by atoms with Gasteiger partial charge in [-0.25, -0.2) is 4.39 Å². The Hall–Kier alpha value is -3.93. The Morgan fingerprint density at radius 3 is 2.58 bits per heavy atom. The number of aromatic nitrogens is 1. The number of nitrogens with one attached hydrogen (secondary N) is 1. The predicted octanol–water partition coefficient (Wildman–Crippen LogP) is 5.62. The maximum Gasteiger partial charge on any atom is 0.417 e. The Bertz CT molecular complexity index is 1380. The Morgan fingerprint density at radius 2 is 1.93 bits per heavy atom. The predicted molar refractivity (Wildman–Crippen MR) is 138 cm³/mol. The Balaban J connectivity index is 1.26. The van der Waals surface area contributed by atoms with Crippen LogP contribution in [-0.4, -0.2) is 43.7 Å². The smallest absolute Gasteiger partial charge is 0.397 e. The lowest BCUT2D eigenvalue weighted by Gasteiger charge is -2.33. The fraction of sp³-hybridized carbons (Fsp3) is 0.393. The molecule has 3 aromatic rings. The number of carbonyl (C=O) groups is 1. The second-order valence-electron chi connectivity index (χ2n) is 9.74. The maximum atomic E-state index is 14.8. The molecule has 1 aliphatic heterocycles. The van der Waals surface area contributed by atoms with Crippen LogP contribution in [0.4, 0.5) is 23.2 Å². The molecule has 2 aliphatic rings. The molecular weight excluding hydrogens is 532 g/mol. The van der Waals surface area contributed by atoms with Crippen molar-refractivity contribution in [1.29, 1.82) is 0 Å². The van der Waals surface area contributed by atoms with E-state index in [2.05, 4.69) is 20.5 Å². The first kappa shape index (κ1) is 27.6. The summed E-state index contributed by atoms with van der Waals surface area (Å²) in [6, 6.07) is 9.98. The average Bonchev–Trinajstić information content (AvgIpc) is 3.70. The lowest BCUT2D eigenvalue weighted by molar-refractivity contribution is -0.137. The highest BCUT2D eigenvalue weighted by Gasteiger charge is 2.37. The molecule has 12 heteroatoms. The summed E-state index contributed by atoms with van der Waals surface area (Å²) in [5.74, 6) is 0.146.